The number of rotatable bonds is 2. The molecular formula is C13H8ClF4NO2. The Kier molecular flexibility index (Phi) is 4.04. The van der Waals surface area contributed by atoms with Crippen molar-refractivity contribution < 1.29 is 27.1 Å². The largest absolute Gasteiger partial charge is 0.462 e. The van der Waals surface area contributed by atoms with Crippen LogP contribution in [0, 0.1) is 5.82 Å². The lowest BCUT2D eigenvalue weighted by Crippen LogP contribution is -2.08. The van der Waals surface area contributed by atoms with Crippen molar-refractivity contribution >= 4 is 28.5 Å². The van der Waals surface area contributed by atoms with Crippen molar-refractivity contribution in [3.63, 3.8) is 0 Å². The topological polar surface area (TPSA) is 39.2 Å². The molecule has 112 valence electrons. The Hall–Kier alpha value is -1.89. The Bertz CT molecular complexity index is 715. The van der Waals surface area contributed by atoms with Gasteiger partial charge in [0, 0.05) is 11.6 Å². The van der Waals surface area contributed by atoms with Crippen molar-refractivity contribution in [2.24, 2.45) is 0 Å². The summed E-state index contributed by atoms with van der Waals surface area (Å²) in [4.78, 5) is 15.3. The van der Waals surface area contributed by atoms with E-state index in [0.29, 0.717) is 12.1 Å². The third-order valence-corrected chi connectivity index (χ3v) is 3.09. The number of alkyl halides is 3. The highest BCUT2D eigenvalue weighted by atomic mass is 35.5. The van der Waals surface area contributed by atoms with Gasteiger partial charge in [-0.15, -0.1) is 0 Å². The molecule has 0 bridgehead atoms. The quantitative estimate of drug-likeness (QED) is 0.614. The maximum atomic E-state index is 13.7. The molecule has 1 aromatic carbocycles. The number of nitrogens with zero attached hydrogens (tertiary/aromatic N) is 1. The molecule has 0 aliphatic heterocycles. The van der Waals surface area contributed by atoms with Gasteiger partial charge in [0.2, 0.25) is 0 Å². The number of aromatic nitrogens is 1. The molecule has 3 nitrogen and oxygen atoms in total. The zero-order valence-electron chi connectivity index (χ0n) is 10.6. The van der Waals surface area contributed by atoms with E-state index >= 15 is 0 Å². The van der Waals surface area contributed by atoms with Gasteiger partial charge in [0.1, 0.15) is 11.3 Å². The Morgan fingerprint density at radius 1 is 1.38 bits per heavy atom. The second kappa shape index (κ2) is 5.48. The van der Waals surface area contributed by atoms with Crippen LogP contribution in [0.2, 0.25) is 5.02 Å². The van der Waals surface area contributed by atoms with Crippen LogP contribution in [0.15, 0.2) is 18.3 Å². The lowest BCUT2D eigenvalue weighted by molar-refractivity contribution is -0.137. The van der Waals surface area contributed by atoms with Crippen LogP contribution >= 0.6 is 11.6 Å². The van der Waals surface area contributed by atoms with Gasteiger partial charge in [-0.25, -0.2) is 9.18 Å². The summed E-state index contributed by atoms with van der Waals surface area (Å²) >= 11 is 5.89. The number of pyridine rings is 1. The fourth-order valence-corrected chi connectivity index (χ4v) is 2.01. The number of fused-ring (bicyclic) bond motifs is 1. The molecule has 0 amide bonds. The van der Waals surface area contributed by atoms with Crippen molar-refractivity contribution in [3.8, 4) is 0 Å². The first-order valence-electron chi connectivity index (χ1n) is 5.77. The normalized spacial score (nSPS) is 11.7. The molecule has 2 aromatic rings. The number of hydrogen-bond acceptors (Lipinski definition) is 3. The van der Waals surface area contributed by atoms with Gasteiger partial charge < -0.3 is 4.74 Å². The first-order chi connectivity index (χ1) is 9.75. The van der Waals surface area contributed by atoms with Crippen molar-refractivity contribution in [1.82, 2.24) is 4.98 Å². The van der Waals surface area contributed by atoms with Crippen LogP contribution in [-0.4, -0.2) is 17.6 Å². The van der Waals surface area contributed by atoms with E-state index in [4.69, 9.17) is 16.3 Å². The molecule has 21 heavy (non-hydrogen) atoms. The Balaban J connectivity index is 2.71. The van der Waals surface area contributed by atoms with E-state index in [1.165, 1.54) is 0 Å². The van der Waals surface area contributed by atoms with Crippen molar-refractivity contribution in [2.75, 3.05) is 6.61 Å². The van der Waals surface area contributed by atoms with Crippen molar-refractivity contribution in [1.29, 1.82) is 0 Å². The lowest BCUT2D eigenvalue weighted by atomic mass is 10.1. The summed E-state index contributed by atoms with van der Waals surface area (Å²) in [6.07, 6.45) is -3.77. The minimum atomic E-state index is -4.74. The first-order valence-corrected chi connectivity index (χ1v) is 6.15. The molecule has 0 spiro atoms. The minimum Gasteiger partial charge on any atom is -0.462 e. The molecule has 0 N–H and O–H groups in total. The number of halogens is 5. The molecule has 0 fully saturated rings. The van der Waals surface area contributed by atoms with Crippen LogP contribution in [-0.2, 0) is 10.9 Å². The van der Waals surface area contributed by atoms with Gasteiger partial charge in [-0.05, 0) is 19.1 Å². The van der Waals surface area contributed by atoms with Crippen LogP contribution in [0.25, 0.3) is 10.9 Å². The number of hydrogen-bond donors (Lipinski definition) is 0. The molecule has 0 aliphatic rings. The molecule has 1 aromatic heterocycles. The summed E-state index contributed by atoms with van der Waals surface area (Å²) in [6.45, 7) is 1.62. The average molecular weight is 322 g/mol. The highest BCUT2D eigenvalue weighted by Gasteiger charge is 2.32. The maximum absolute atomic E-state index is 13.7. The summed E-state index contributed by atoms with van der Waals surface area (Å²) in [7, 11) is 0. The van der Waals surface area contributed by atoms with Gasteiger partial charge in [-0.2, -0.15) is 13.2 Å². The van der Waals surface area contributed by atoms with Gasteiger partial charge in [-0.3, -0.25) is 4.98 Å². The molecule has 8 heteroatoms. The fourth-order valence-electron chi connectivity index (χ4n) is 1.74. The highest BCUT2D eigenvalue weighted by molar-refractivity contribution is 6.38. The SMILES string of the molecule is CCOC(=O)c1cnc2c(F)cc(C(F)(F)F)cc2c1Cl. The van der Waals surface area contributed by atoms with E-state index in [9.17, 15) is 22.4 Å². The monoisotopic (exact) mass is 321 g/mol. The van der Waals surface area contributed by atoms with Crippen LogP contribution in [0.5, 0.6) is 0 Å². The van der Waals surface area contributed by atoms with Gasteiger partial charge in [0.05, 0.1) is 22.8 Å². The first kappa shape index (κ1) is 15.5. The summed E-state index contributed by atoms with van der Waals surface area (Å²) in [5.41, 5.74) is -1.78. The van der Waals surface area contributed by atoms with E-state index in [1.54, 1.807) is 6.92 Å². The Morgan fingerprint density at radius 3 is 2.62 bits per heavy atom. The predicted octanol–water partition coefficient (Wildman–Crippen LogP) is 4.22. The molecule has 0 radical (unpaired) electrons. The number of carbonyl (C=O) groups is 1. The number of esters is 1. The number of carbonyl (C=O) groups excluding carboxylic acids is 1. The molecule has 2 rings (SSSR count). The smallest absolute Gasteiger partial charge is 0.416 e. The fraction of sp³-hybridized carbons (Fsp3) is 0.231. The van der Waals surface area contributed by atoms with Gasteiger partial charge in [-0.1, -0.05) is 11.6 Å². The summed E-state index contributed by atoms with van der Waals surface area (Å²) in [5.74, 6) is -2.01. The Morgan fingerprint density at radius 2 is 2.05 bits per heavy atom. The number of ether oxygens (including phenoxy) is 1. The Labute approximate surface area is 121 Å². The van der Waals surface area contributed by atoms with Gasteiger partial charge in [0.25, 0.3) is 0 Å². The molecular weight excluding hydrogens is 314 g/mol. The third kappa shape index (κ3) is 2.92. The minimum absolute atomic E-state index is 0.0597. The van der Waals surface area contributed by atoms with E-state index in [1.807, 2.05) is 0 Å². The van der Waals surface area contributed by atoms with Crippen LogP contribution in [0.4, 0.5) is 17.6 Å². The van der Waals surface area contributed by atoms with Crippen molar-refractivity contribution in [2.45, 2.75) is 13.1 Å². The molecule has 1 heterocycles. The summed E-state index contributed by atoms with van der Waals surface area (Å²) < 4.78 is 56.5. The van der Waals surface area contributed by atoms with E-state index < -0.39 is 23.5 Å². The van der Waals surface area contributed by atoms with E-state index in [2.05, 4.69) is 4.98 Å². The molecule has 0 saturated carbocycles. The molecule has 0 atom stereocenters. The van der Waals surface area contributed by atoms with Gasteiger partial charge in [0.15, 0.2) is 0 Å². The van der Waals surface area contributed by atoms with Crippen LogP contribution in [0.1, 0.15) is 22.8 Å². The molecule has 0 saturated heterocycles. The third-order valence-electron chi connectivity index (χ3n) is 2.68. The van der Waals surface area contributed by atoms with Crippen LogP contribution in [0.3, 0.4) is 0 Å². The summed E-state index contributed by atoms with van der Waals surface area (Å²) in [6, 6.07) is 0.978. The maximum Gasteiger partial charge on any atom is 0.416 e. The second-order valence-corrected chi connectivity index (χ2v) is 4.44. The molecule has 0 unspecified atom stereocenters. The lowest BCUT2D eigenvalue weighted by Gasteiger charge is -2.11. The van der Waals surface area contributed by atoms with E-state index in [-0.39, 0.29) is 28.1 Å². The number of benzene rings is 1. The van der Waals surface area contributed by atoms with Gasteiger partial charge >= 0.3 is 12.1 Å². The standard InChI is InChI=1S/C13H8ClF4NO2/c1-2-21-12(20)8-5-19-11-7(10(8)14)3-6(4-9(11)15)13(16,17)18/h3-5H,2H2,1H3. The highest BCUT2D eigenvalue weighted by Crippen LogP contribution is 2.35. The zero-order chi connectivity index (χ0) is 15.8. The van der Waals surface area contributed by atoms with E-state index in [0.717, 1.165) is 6.20 Å². The zero-order valence-corrected chi connectivity index (χ0v) is 11.3. The van der Waals surface area contributed by atoms with Crippen molar-refractivity contribution in [3.05, 3.63) is 40.3 Å². The predicted molar refractivity (Wildman–Crippen MR) is 67.7 cm³/mol. The summed E-state index contributed by atoms with van der Waals surface area (Å²) in [5, 5.41) is -0.627. The average Bonchev–Trinajstić information content (AvgIpc) is 2.38. The molecule has 0 aliphatic carbocycles. The van der Waals surface area contributed by atoms with Crippen LogP contribution < -0.4 is 0 Å². The second-order valence-electron chi connectivity index (χ2n) is 4.06.